The normalized spacial score (nSPS) is 12.7. The first-order valence-corrected chi connectivity index (χ1v) is 9.24. The van der Waals surface area contributed by atoms with E-state index in [9.17, 15) is 5.11 Å². The summed E-state index contributed by atoms with van der Waals surface area (Å²) in [6.07, 6.45) is 1.93. The zero-order valence-corrected chi connectivity index (χ0v) is 15.8. The molecule has 4 aromatic rings. The van der Waals surface area contributed by atoms with Gasteiger partial charge in [0.25, 0.3) is 0 Å². The maximum absolute atomic E-state index is 10.2. The van der Waals surface area contributed by atoms with E-state index in [1.165, 1.54) is 7.11 Å². The van der Waals surface area contributed by atoms with Crippen LogP contribution in [0.1, 0.15) is 0 Å². The molecule has 0 spiro atoms. The lowest BCUT2D eigenvalue weighted by atomic mass is 10.1. The fraction of sp³-hybridized carbons (Fsp3) is 0.136. The number of aromatic nitrogens is 2. The average molecular weight is 389 g/mol. The van der Waals surface area contributed by atoms with Crippen LogP contribution < -0.4 is 19.5 Å². The molecule has 0 atom stereocenters. The lowest BCUT2D eigenvalue weighted by molar-refractivity contribution is 0.171. The van der Waals surface area contributed by atoms with E-state index in [-0.39, 0.29) is 5.75 Å². The Hall–Kier alpha value is -3.87. The number of aromatic hydroxyl groups is 1. The SMILES string of the molecule is COc1c(O)cccc1-c1nc2ccccn2c1Nc1ccc2c(c1)OCCO2. The third-order valence-corrected chi connectivity index (χ3v) is 4.79. The first kappa shape index (κ1) is 17.2. The van der Waals surface area contributed by atoms with Crippen molar-refractivity contribution in [2.24, 2.45) is 0 Å². The van der Waals surface area contributed by atoms with Gasteiger partial charge < -0.3 is 24.6 Å². The number of imidazole rings is 1. The number of para-hydroxylation sites is 1. The Balaban J connectivity index is 1.66. The van der Waals surface area contributed by atoms with Crippen LogP contribution >= 0.6 is 0 Å². The molecule has 146 valence electrons. The minimum Gasteiger partial charge on any atom is -0.504 e. The molecule has 0 aliphatic carbocycles. The van der Waals surface area contributed by atoms with E-state index in [1.54, 1.807) is 12.1 Å². The molecule has 3 heterocycles. The van der Waals surface area contributed by atoms with Crippen LogP contribution in [-0.2, 0) is 0 Å². The number of phenols is 1. The predicted octanol–water partition coefficient (Wildman–Crippen LogP) is 4.23. The highest BCUT2D eigenvalue weighted by Crippen LogP contribution is 2.41. The Morgan fingerprint density at radius 2 is 1.90 bits per heavy atom. The van der Waals surface area contributed by atoms with Gasteiger partial charge in [-0.1, -0.05) is 12.1 Å². The standard InChI is InChI=1S/C22H19N3O4/c1-27-21-15(5-4-6-16(21)26)20-22(25-10-3-2-7-19(25)24-20)23-14-8-9-17-18(13-14)29-12-11-28-17/h2-10,13,23,26H,11-12H2,1H3. The fourth-order valence-corrected chi connectivity index (χ4v) is 3.49. The van der Waals surface area contributed by atoms with Gasteiger partial charge in [-0.05, 0) is 36.4 Å². The third-order valence-electron chi connectivity index (χ3n) is 4.79. The van der Waals surface area contributed by atoms with Gasteiger partial charge in [0.05, 0.1) is 7.11 Å². The Bertz CT molecular complexity index is 1200. The van der Waals surface area contributed by atoms with E-state index in [4.69, 9.17) is 19.2 Å². The number of ether oxygens (including phenoxy) is 3. The number of pyridine rings is 1. The van der Waals surface area contributed by atoms with Crippen molar-refractivity contribution in [2.75, 3.05) is 25.6 Å². The Kier molecular flexibility index (Phi) is 4.13. The van der Waals surface area contributed by atoms with Crippen molar-refractivity contribution in [2.45, 2.75) is 0 Å². The van der Waals surface area contributed by atoms with E-state index in [2.05, 4.69) is 5.32 Å². The number of methoxy groups -OCH3 is 1. The lowest BCUT2D eigenvalue weighted by Crippen LogP contribution is -2.15. The molecule has 2 aromatic heterocycles. The topological polar surface area (TPSA) is 77.3 Å². The first-order valence-electron chi connectivity index (χ1n) is 9.24. The molecule has 29 heavy (non-hydrogen) atoms. The molecule has 0 amide bonds. The molecule has 0 bridgehead atoms. The Morgan fingerprint density at radius 1 is 1.03 bits per heavy atom. The maximum atomic E-state index is 10.2. The van der Waals surface area contributed by atoms with Gasteiger partial charge in [-0.15, -0.1) is 0 Å². The van der Waals surface area contributed by atoms with Gasteiger partial charge in [0, 0.05) is 23.5 Å². The van der Waals surface area contributed by atoms with Crippen LogP contribution in [0.25, 0.3) is 16.9 Å². The molecule has 0 saturated carbocycles. The number of nitrogens with one attached hydrogen (secondary N) is 1. The molecule has 0 radical (unpaired) electrons. The van der Waals surface area contributed by atoms with E-state index in [0.29, 0.717) is 36.0 Å². The van der Waals surface area contributed by atoms with Crippen LogP contribution in [0.5, 0.6) is 23.0 Å². The van der Waals surface area contributed by atoms with Gasteiger partial charge in [-0.25, -0.2) is 4.98 Å². The molecule has 2 N–H and O–H groups in total. The van der Waals surface area contributed by atoms with Crippen molar-refractivity contribution >= 4 is 17.2 Å². The van der Waals surface area contributed by atoms with Crippen LogP contribution in [0, 0.1) is 0 Å². The largest absolute Gasteiger partial charge is 0.504 e. The van der Waals surface area contributed by atoms with Crippen LogP contribution in [-0.4, -0.2) is 34.8 Å². The van der Waals surface area contributed by atoms with Crippen molar-refractivity contribution in [1.82, 2.24) is 9.38 Å². The molecule has 0 unspecified atom stereocenters. The summed E-state index contributed by atoms with van der Waals surface area (Å²) in [5.41, 5.74) is 2.96. The van der Waals surface area contributed by atoms with E-state index < -0.39 is 0 Å². The summed E-state index contributed by atoms with van der Waals surface area (Å²) in [5, 5.41) is 13.7. The molecular formula is C22H19N3O4. The third kappa shape index (κ3) is 2.97. The van der Waals surface area contributed by atoms with E-state index in [1.807, 2.05) is 53.1 Å². The number of hydrogen-bond donors (Lipinski definition) is 2. The second-order valence-electron chi connectivity index (χ2n) is 6.58. The molecule has 0 saturated heterocycles. The first-order chi connectivity index (χ1) is 14.2. The number of benzene rings is 2. The number of fused-ring (bicyclic) bond motifs is 2. The maximum Gasteiger partial charge on any atom is 0.169 e. The van der Waals surface area contributed by atoms with Crippen LogP contribution in [0.3, 0.4) is 0 Å². The molecule has 1 aliphatic rings. The van der Waals surface area contributed by atoms with Crippen molar-refractivity contribution in [3.8, 4) is 34.3 Å². The van der Waals surface area contributed by atoms with Crippen LogP contribution in [0.15, 0.2) is 60.8 Å². The molecule has 0 fully saturated rings. The van der Waals surface area contributed by atoms with Crippen LogP contribution in [0.2, 0.25) is 0 Å². The second kappa shape index (κ2) is 6.94. The summed E-state index contributed by atoms with van der Waals surface area (Å²) in [7, 11) is 1.53. The van der Waals surface area contributed by atoms with Crippen LogP contribution in [0.4, 0.5) is 11.5 Å². The minimum atomic E-state index is 0.0623. The number of rotatable bonds is 4. The second-order valence-corrected chi connectivity index (χ2v) is 6.58. The molecule has 5 rings (SSSR count). The van der Waals surface area contributed by atoms with Crippen molar-refractivity contribution in [3.05, 3.63) is 60.8 Å². The summed E-state index contributed by atoms with van der Waals surface area (Å²) >= 11 is 0. The molecule has 1 aliphatic heterocycles. The molecule has 7 nitrogen and oxygen atoms in total. The number of hydrogen-bond acceptors (Lipinski definition) is 6. The molecule has 2 aromatic carbocycles. The van der Waals surface area contributed by atoms with E-state index >= 15 is 0 Å². The lowest BCUT2D eigenvalue weighted by Gasteiger charge is -2.19. The van der Waals surface area contributed by atoms with Gasteiger partial charge in [0.2, 0.25) is 0 Å². The van der Waals surface area contributed by atoms with Gasteiger partial charge in [0.1, 0.15) is 30.4 Å². The Morgan fingerprint density at radius 3 is 2.76 bits per heavy atom. The zero-order chi connectivity index (χ0) is 19.8. The van der Waals surface area contributed by atoms with Gasteiger partial charge in [-0.2, -0.15) is 0 Å². The highest BCUT2D eigenvalue weighted by Gasteiger charge is 2.20. The monoisotopic (exact) mass is 389 g/mol. The summed E-state index contributed by atoms with van der Waals surface area (Å²) in [4.78, 5) is 4.77. The molecule has 7 heteroatoms. The van der Waals surface area contributed by atoms with Crippen molar-refractivity contribution in [3.63, 3.8) is 0 Å². The highest BCUT2D eigenvalue weighted by molar-refractivity contribution is 5.84. The quantitative estimate of drug-likeness (QED) is 0.544. The smallest absolute Gasteiger partial charge is 0.169 e. The van der Waals surface area contributed by atoms with Gasteiger partial charge in [0.15, 0.2) is 23.0 Å². The Labute approximate surface area is 167 Å². The highest BCUT2D eigenvalue weighted by atomic mass is 16.6. The predicted molar refractivity (Wildman–Crippen MR) is 110 cm³/mol. The molecular weight excluding hydrogens is 370 g/mol. The summed E-state index contributed by atoms with van der Waals surface area (Å²) < 4.78 is 18.7. The fourth-order valence-electron chi connectivity index (χ4n) is 3.49. The summed E-state index contributed by atoms with van der Waals surface area (Å²) in [5.74, 6) is 2.62. The van der Waals surface area contributed by atoms with Gasteiger partial charge >= 0.3 is 0 Å². The van der Waals surface area contributed by atoms with Crippen molar-refractivity contribution < 1.29 is 19.3 Å². The average Bonchev–Trinajstić information content (AvgIpc) is 3.12. The summed E-state index contributed by atoms with van der Waals surface area (Å²) in [6.45, 7) is 1.08. The zero-order valence-electron chi connectivity index (χ0n) is 15.8. The summed E-state index contributed by atoms with van der Waals surface area (Å²) in [6, 6.07) is 16.7. The van der Waals surface area contributed by atoms with Crippen molar-refractivity contribution in [1.29, 1.82) is 0 Å². The van der Waals surface area contributed by atoms with Gasteiger partial charge in [-0.3, -0.25) is 4.40 Å². The minimum absolute atomic E-state index is 0.0623. The number of phenolic OH excluding ortho intramolecular Hbond substituents is 1. The number of anilines is 2. The number of nitrogens with zero attached hydrogens (tertiary/aromatic N) is 2. The van der Waals surface area contributed by atoms with E-state index in [0.717, 1.165) is 22.9 Å².